The minimum absolute atomic E-state index is 0.108. The van der Waals surface area contributed by atoms with Crippen LogP contribution >= 0.6 is 0 Å². The second kappa shape index (κ2) is 5.34. The van der Waals surface area contributed by atoms with Gasteiger partial charge in [-0.3, -0.25) is 4.90 Å². The lowest BCUT2D eigenvalue weighted by molar-refractivity contribution is -0.0357. The van der Waals surface area contributed by atoms with E-state index in [1.54, 1.807) is 0 Å². The lowest BCUT2D eigenvalue weighted by atomic mass is 9.97. The van der Waals surface area contributed by atoms with Gasteiger partial charge in [0.25, 0.3) is 0 Å². The summed E-state index contributed by atoms with van der Waals surface area (Å²) in [5.41, 5.74) is 0.108. The molecular formula is C16H30N2O. The van der Waals surface area contributed by atoms with E-state index in [-0.39, 0.29) is 5.60 Å². The first-order chi connectivity index (χ1) is 9.05. The van der Waals surface area contributed by atoms with E-state index in [1.807, 2.05) is 0 Å². The number of rotatable bonds is 4. The molecule has 0 aromatic rings. The van der Waals surface area contributed by atoms with Crippen LogP contribution in [0.5, 0.6) is 0 Å². The third-order valence-electron chi connectivity index (χ3n) is 5.36. The van der Waals surface area contributed by atoms with Crippen molar-refractivity contribution in [3.63, 3.8) is 0 Å². The molecule has 0 aromatic heterocycles. The number of nitrogens with one attached hydrogen (secondary N) is 1. The molecule has 0 saturated carbocycles. The molecule has 19 heavy (non-hydrogen) atoms. The van der Waals surface area contributed by atoms with Crippen LogP contribution in [0.4, 0.5) is 0 Å². The Bertz CT molecular complexity index is 306. The zero-order chi connectivity index (χ0) is 13.5. The van der Waals surface area contributed by atoms with Crippen molar-refractivity contribution in [2.24, 2.45) is 0 Å². The third kappa shape index (κ3) is 3.14. The molecule has 3 saturated heterocycles. The molecule has 0 spiro atoms. The molecule has 110 valence electrons. The lowest BCUT2D eigenvalue weighted by Crippen LogP contribution is -2.50. The van der Waals surface area contributed by atoms with Crippen molar-refractivity contribution in [2.75, 3.05) is 13.1 Å². The molecule has 0 aliphatic carbocycles. The smallest absolute Gasteiger partial charge is 0.0710 e. The van der Waals surface area contributed by atoms with E-state index < -0.39 is 0 Å². The van der Waals surface area contributed by atoms with Gasteiger partial charge in [-0.05, 0) is 58.9 Å². The minimum Gasteiger partial charge on any atom is -0.371 e. The van der Waals surface area contributed by atoms with Crippen LogP contribution in [0.2, 0.25) is 0 Å². The molecule has 3 rings (SSSR count). The minimum atomic E-state index is 0.108. The van der Waals surface area contributed by atoms with Crippen molar-refractivity contribution >= 4 is 0 Å². The molecule has 3 aliphatic rings. The molecule has 3 unspecified atom stereocenters. The van der Waals surface area contributed by atoms with E-state index in [0.29, 0.717) is 6.10 Å². The zero-order valence-corrected chi connectivity index (χ0v) is 12.8. The largest absolute Gasteiger partial charge is 0.371 e. The quantitative estimate of drug-likeness (QED) is 0.846. The highest BCUT2D eigenvalue weighted by molar-refractivity contribution is 4.96. The molecule has 2 bridgehead atoms. The fraction of sp³-hybridized carbons (Fsp3) is 1.00. The van der Waals surface area contributed by atoms with E-state index in [1.165, 1.54) is 45.1 Å². The van der Waals surface area contributed by atoms with Gasteiger partial charge in [0.05, 0.1) is 11.7 Å². The summed E-state index contributed by atoms with van der Waals surface area (Å²) in [5.74, 6) is 0. The van der Waals surface area contributed by atoms with Gasteiger partial charge >= 0.3 is 0 Å². The average molecular weight is 266 g/mol. The summed E-state index contributed by atoms with van der Waals surface area (Å²) < 4.78 is 6.18. The Balaban J connectivity index is 1.56. The number of hydrogen-bond donors (Lipinski definition) is 1. The summed E-state index contributed by atoms with van der Waals surface area (Å²) in [7, 11) is 0. The maximum Gasteiger partial charge on any atom is 0.0710 e. The van der Waals surface area contributed by atoms with Crippen LogP contribution in [0.3, 0.4) is 0 Å². The summed E-state index contributed by atoms with van der Waals surface area (Å²) in [6.45, 7) is 9.08. The van der Waals surface area contributed by atoms with Crippen LogP contribution in [0, 0.1) is 0 Å². The average Bonchev–Trinajstić information content (AvgIpc) is 2.88. The molecular weight excluding hydrogens is 236 g/mol. The summed E-state index contributed by atoms with van der Waals surface area (Å²) in [6.07, 6.45) is 8.40. The SMILES string of the molecule is CCN(CC1CCC(C)(C)O1)C1CC2CCC(C1)N2. The molecule has 3 aliphatic heterocycles. The highest BCUT2D eigenvalue weighted by atomic mass is 16.5. The van der Waals surface area contributed by atoms with Crippen LogP contribution in [-0.4, -0.2) is 47.8 Å². The molecule has 3 nitrogen and oxygen atoms in total. The maximum absolute atomic E-state index is 6.18. The Morgan fingerprint density at radius 3 is 2.37 bits per heavy atom. The molecule has 3 heteroatoms. The van der Waals surface area contributed by atoms with Crippen LogP contribution in [0.15, 0.2) is 0 Å². The van der Waals surface area contributed by atoms with E-state index in [2.05, 4.69) is 31.0 Å². The van der Waals surface area contributed by atoms with Gasteiger partial charge in [0.15, 0.2) is 0 Å². The van der Waals surface area contributed by atoms with Gasteiger partial charge in [-0.25, -0.2) is 0 Å². The molecule has 0 amide bonds. The van der Waals surface area contributed by atoms with Gasteiger partial charge in [-0.1, -0.05) is 6.92 Å². The van der Waals surface area contributed by atoms with E-state index in [9.17, 15) is 0 Å². The van der Waals surface area contributed by atoms with Crippen molar-refractivity contribution in [3.05, 3.63) is 0 Å². The van der Waals surface area contributed by atoms with Gasteiger partial charge in [0, 0.05) is 24.7 Å². The second-order valence-corrected chi connectivity index (χ2v) is 7.39. The molecule has 3 fully saturated rings. The van der Waals surface area contributed by atoms with E-state index in [0.717, 1.165) is 24.7 Å². The van der Waals surface area contributed by atoms with Crippen molar-refractivity contribution in [1.29, 1.82) is 0 Å². The normalized spacial score (nSPS) is 41.1. The number of nitrogens with zero attached hydrogens (tertiary/aromatic N) is 1. The first kappa shape index (κ1) is 13.8. The fourth-order valence-electron chi connectivity index (χ4n) is 4.33. The molecule has 0 aromatic carbocycles. The highest BCUT2D eigenvalue weighted by Gasteiger charge is 2.38. The van der Waals surface area contributed by atoms with Crippen molar-refractivity contribution in [1.82, 2.24) is 10.2 Å². The summed E-state index contributed by atoms with van der Waals surface area (Å²) >= 11 is 0. The number of likely N-dealkylation sites (N-methyl/N-ethyl adjacent to an activating group) is 1. The zero-order valence-electron chi connectivity index (χ0n) is 12.8. The van der Waals surface area contributed by atoms with E-state index >= 15 is 0 Å². The second-order valence-electron chi connectivity index (χ2n) is 7.39. The Morgan fingerprint density at radius 1 is 1.16 bits per heavy atom. The van der Waals surface area contributed by atoms with Crippen LogP contribution in [0.25, 0.3) is 0 Å². The fourth-order valence-corrected chi connectivity index (χ4v) is 4.33. The van der Waals surface area contributed by atoms with Gasteiger partial charge in [-0.2, -0.15) is 0 Å². The van der Waals surface area contributed by atoms with Gasteiger partial charge in [0.2, 0.25) is 0 Å². The first-order valence-electron chi connectivity index (χ1n) is 8.23. The Labute approximate surface area is 118 Å². The van der Waals surface area contributed by atoms with Crippen molar-refractivity contribution in [3.8, 4) is 0 Å². The standard InChI is InChI=1S/C16H30N2O/c1-4-18(11-15-7-8-16(2,3)19-15)14-9-12-5-6-13(10-14)17-12/h12-15,17H,4-11H2,1-3H3. The molecule has 3 heterocycles. The number of fused-ring (bicyclic) bond motifs is 2. The molecule has 3 atom stereocenters. The van der Waals surface area contributed by atoms with E-state index in [4.69, 9.17) is 4.74 Å². The van der Waals surface area contributed by atoms with Crippen molar-refractivity contribution in [2.45, 2.75) is 89.1 Å². The summed E-state index contributed by atoms with van der Waals surface area (Å²) in [5, 5.41) is 3.75. The summed E-state index contributed by atoms with van der Waals surface area (Å²) in [4.78, 5) is 2.69. The van der Waals surface area contributed by atoms with Gasteiger partial charge in [0.1, 0.15) is 0 Å². The Morgan fingerprint density at radius 2 is 1.84 bits per heavy atom. The number of piperidine rings is 1. The first-order valence-corrected chi connectivity index (χ1v) is 8.23. The Kier molecular flexibility index (Phi) is 3.89. The van der Waals surface area contributed by atoms with Gasteiger partial charge < -0.3 is 10.1 Å². The van der Waals surface area contributed by atoms with Crippen LogP contribution in [0.1, 0.15) is 59.3 Å². The third-order valence-corrected chi connectivity index (χ3v) is 5.36. The summed E-state index contributed by atoms with van der Waals surface area (Å²) in [6, 6.07) is 2.37. The predicted molar refractivity (Wildman–Crippen MR) is 78.4 cm³/mol. The number of hydrogen-bond acceptors (Lipinski definition) is 3. The highest BCUT2D eigenvalue weighted by Crippen LogP contribution is 2.33. The lowest BCUT2D eigenvalue weighted by Gasteiger charge is -2.38. The topological polar surface area (TPSA) is 24.5 Å². The maximum atomic E-state index is 6.18. The van der Waals surface area contributed by atoms with Crippen molar-refractivity contribution < 1.29 is 4.74 Å². The Hall–Kier alpha value is -0.120. The predicted octanol–water partition coefficient (Wildman–Crippen LogP) is 2.55. The monoisotopic (exact) mass is 266 g/mol. The van der Waals surface area contributed by atoms with Crippen LogP contribution < -0.4 is 5.32 Å². The molecule has 0 radical (unpaired) electrons. The molecule has 1 N–H and O–H groups in total. The number of ether oxygens (including phenoxy) is 1. The van der Waals surface area contributed by atoms with Crippen LogP contribution in [-0.2, 0) is 4.74 Å². The van der Waals surface area contributed by atoms with Gasteiger partial charge in [-0.15, -0.1) is 0 Å².